The predicted molar refractivity (Wildman–Crippen MR) is 78.5 cm³/mol. The fourth-order valence-electron chi connectivity index (χ4n) is 1.96. The number of allylic oxidation sites excluding steroid dienone is 2. The van der Waals surface area contributed by atoms with Gasteiger partial charge in [-0.1, -0.05) is 28.1 Å². The van der Waals surface area contributed by atoms with Gasteiger partial charge in [0.1, 0.15) is 5.82 Å². The quantitative estimate of drug-likeness (QED) is 0.689. The molecule has 0 fully saturated rings. The van der Waals surface area contributed by atoms with Gasteiger partial charge in [-0.3, -0.25) is 0 Å². The fraction of sp³-hybridized carbons (Fsp3) is 0.0769. The SMILES string of the molecule is N#CC1=C(N)NC(S)=C(C#N)[C@H]1c1cccc(Br)c1. The Balaban J connectivity index is 2.65. The van der Waals surface area contributed by atoms with E-state index in [9.17, 15) is 10.5 Å². The van der Waals surface area contributed by atoms with E-state index < -0.39 is 5.92 Å². The summed E-state index contributed by atoms with van der Waals surface area (Å²) in [6, 6.07) is 11.6. The highest BCUT2D eigenvalue weighted by atomic mass is 79.9. The number of hydrogen-bond donors (Lipinski definition) is 3. The lowest BCUT2D eigenvalue weighted by Crippen LogP contribution is -2.28. The van der Waals surface area contributed by atoms with Crippen LogP contribution in [-0.2, 0) is 0 Å². The molecule has 0 aromatic heterocycles. The minimum Gasteiger partial charge on any atom is -0.384 e. The Labute approximate surface area is 124 Å². The summed E-state index contributed by atoms with van der Waals surface area (Å²) in [5, 5.41) is 21.7. The second-order valence-electron chi connectivity index (χ2n) is 3.93. The molecule has 19 heavy (non-hydrogen) atoms. The number of benzene rings is 1. The van der Waals surface area contributed by atoms with E-state index in [1.54, 1.807) is 0 Å². The number of rotatable bonds is 1. The number of dihydropyridines is 1. The van der Waals surface area contributed by atoms with Gasteiger partial charge in [0.15, 0.2) is 0 Å². The topological polar surface area (TPSA) is 85.6 Å². The van der Waals surface area contributed by atoms with Gasteiger partial charge in [0, 0.05) is 4.47 Å². The summed E-state index contributed by atoms with van der Waals surface area (Å²) < 4.78 is 0.873. The Hall–Kier alpha value is -1.89. The molecule has 0 amide bonds. The standard InChI is InChI=1S/C13H9BrN4S/c14-8-3-1-2-7(4-8)11-9(5-15)12(17)18-13(19)10(11)6-16/h1-4,11,18-19H,17H2/t11-/m0/s1. The Morgan fingerprint density at radius 1 is 1.26 bits per heavy atom. The highest BCUT2D eigenvalue weighted by Gasteiger charge is 2.30. The van der Waals surface area contributed by atoms with Gasteiger partial charge in [-0.25, -0.2) is 0 Å². The van der Waals surface area contributed by atoms with Crippen molar-refractivity contribution in [2.24, 2.45) is 5.73 Å². The number of hydrogen-bond acceptors (Lipinski definition) is 5. The van der Waals surface area contributed by atoms with Gasteiger partial charge in [-0.05, 0) is 17.7 Å². The van der Waals surface area contributed by atoms with Crippen molar-refractivity contribution in [3.63, 3.8) is 0 Å². The summed E-state index contributed by atoms with van der Waals surface area (Å²) in [7, 11) is 0. The summed E-state index contributed by atoms with van der Waals surface area (Å²) in [5.41, 5.74) is 7.33. The van der Waals surface area contributed by atoms with Crippen LogP contribution in [0.5, 0.6) is 0 Å². The van der Waals surface area contributed by atoms with Crippen molar-refractivity contribution in [3.8, 4) is 12.1 Å². The van der Waals surface area contributed by atoms with Crippen molar-refractivity contribution in [2.75, 3.05) is 0 Å². The van der Waals surface area contributed by atoms with E-state index in [2.05, 4.69) is 46.0 Å². The molecule has 0 radical (unpaired) electrons. The third kappa shape index (κ3) is 2.46. The maximum atomic E-state index is 9.28. The van der Waals surface area contributed by atoms with E-state index in [0.29, 0.717) is 16.2 Å². The number of nitrogens with two attached hydrogens (primary N) is 1. The monoisotopic (exact) mass is 332 g/mol. The van der Waals surface area contributed by atoms with Crippen molar-refractivity contribution in [1.82, 2.24) is 5.32 Å². The van der Waals surface area contributed by atoms with Crippen LogP contribution >= 0.6 is 28.6 Å². The van der Waals surface area contributed by atoms with Gasteiger partial charge in [-0.15, -0.1) is 12.6 Å². The highest BCUT2D eigenvalue weighted by molar-refractivity contribution is 9.10. The molecule has 1 aliphatic heterocycles. The van der Waals surface area contributed by atoms with Crippen molar-refractivity contribution < 1.29 is 0 Å². The van der Waals surface area contributed by atoms with Gasteiger partial charge in [0.25, 0.3) is 0 Å². The zero-order valence-corrected chi connectivity index (χ0v) is 12.2. The molecule has 0 saturated carbocycles. The van der Waals surface area contributed by atoms with Gasteiger partial charge in [0.2, 0.25) is 0 Å². The third-order valence-electron chi connectivity index (χ3n) is 2.80. The maximum absolute atomic E-state index is 9.28. The Morgan fingerprint density at radius 2 is 1.95 bits per heavy atom. The molecule has 0 bridgehead atoms. The third-order valence-corrected chi connectivity index (χ3v) is 3.64. The number of halogens is 1. The summed E-state index contributed by atoms with van der Waals surface area (Å²) in [6.45, 7) is 0. The zero-order valence-electron chi connectivity index (χ0n) is 9.68. The summed E-state index contributed by atoms with van der Waals surface area (Å²) in [5.74, 6) is -0.252. The van der Waals surface area contributed by atoms with Gasteiger partial charge in [-0.2, -0.15) is 10.5 Å². The first kappa shape index (κ1) is 13.5. The van der Waals surface area contributed by atoms with Crippen LogP contribution in [0.3, 0.4) is 0 Å². The van der Waals surface area contributed by atoms with Crippen LogP contribution in [0.25, 0.3) is 0 Å². The normalized spacial score (nSPS) is 18.6. The molecule has 1 heterocycles. The Kier molecular flexibility index (Phi) is 3.84. The van der Waals surface area contributed by atoms with E-state index in [1.807, 2.05) is 24.3 Å². The smallest absolute Gasteiger partial charge is 0.116 e. The maximum Gasteiger partial charge on any atom is 0.116 e. The van der Waals surface area contributed by atoms with Crippen LogP contribution < -0.4 is 11.1 Å². The first-order valence-corrected chi connectivity index (χ1v) is 6.58. The second kappa shape index (κ2) is 5.40. The molecule has 2 rings (SSSR count). The van der Waals surface area contributed by atoms with Crippen molar-refractivity contribution in [3.05, 3.63) is 56.3 Å². The van der Waals surface area contributed by atoms with Crippen molar-refractivity contribution in [1.29, 1.82) is 10.5 Å². The van der Waals surface area contributed by atoms with Crippen LogP contribution in [0.15, 0.2) is 50.7 Å². The fourth-order valence-corrected chi connectivity index (χ4v) is 2.68. The molecule has 0 unspecified atom stereocenters. The lowest BCUT2D eigenvalue weighted by Gasteiger charge is -2.25. The van der Waals surface area contributed by atoms with E-state index in [-0.39, 0.29) is 5.82 Å². The molecule has 0 spiro atoms. The summed E-state index contributed by atoms with van der Waals surface area (Å²) in [6.07, 6.45) is 0. The second-order valence-corrected chi connectivity index (χ2v) is 5.29. The van der Waals surface area contributed by atoms with E-state index >= 15 is 0 Å². The van der Waals surface area contributed by atoms with E-state index in [0.717, 1.165) is 10.0 Å². The van der Waals surface area contributed by atoms with Crippen LogP contribution in [0.1, 0.15) is 11.5 Å². The van der Waals surface area contributed by atoms with Gasteiger partial charge in [0.05, 0.1) is 34.2 Å². The molecule has 1 atom stereocenters. The first-order chi connectivity index (χ1) is 9.08. The minimum absolute atomic E-state index is 0.233. The molecule has 3 N–H and O–H groups in total. The largest absolute Gasteiger partial charge is 0.384 e. The number of nitrogens with one attached hydrogen (secondary N) is 1. The molecule has 0 saturated heterocycles. The van der Waals surface area contributed by atoms with E-state index in [1.165, 1.54) is 0 Å². The molecule has 0 aliphatic carbocycles. The molecule has 1 aliphatic rings. The predicted octanol–water partition coefficient (Wildman–Crippen LogP) is 2.49. The summed E-state index contributed by atoms with van der Waals surface area (Å²) >= 11 is 7.60. The van der Waals surface area contributed by atoms with Crippen LogP contribution in [0.2, 0.25) is 0 Å². The number of nitriles is 2. The van der Waals surface area contributed by atoms with E-state index in [4.69, 9.17) is 5.73 Å². The molecule has 1 aromatic rings. The highest BCUT2D eigenvalue weighted by Crippen LogP contribution is 2.37. The van der Waals surface area contributed by atoms with Crippen molar-refractivity contribution in [2.45, 2.75) is 5.92 Å². The first-order valence-electron chi connectivity index (χ1n) is 5.34. The van der Waals surface area contributed by atoms with Crippen molar-refractivity contribution >= 4 is 28.6 Å². The molecule has 6 heteroatoms. The Bertz CT molecular complexity index is 643. The van der Waals surface area contributed by atoms with Gasteiger partial charge < -0.3 is 11.1 Å². The minimum atomic E-state index is -0.485. The lowest BCUT2D eigenvalue weighted by molar-refractivity contribution is 0.841. The molecular weight excluding hydrogens is 324 g/mol. The number of nitrogens with zero attached hydrogens (tertiary/aromatic N) is 2. The molecule has 94 valence electrons. The Morgan fingerprint density at radius 3 is 2.53 bits per heavy atom. The molecular formula is C13H9BrN4S. The van der Waals surface area contributed by atoms with Crippen LogP contribution in [-0.4, -0.2) is 0 Å². The summed E-state index contributed by atoms with van der Waals surface area (Å²) in [4.78, 5) is 0. The van der Waals surface area contributed by atoms with Gasteiger partial charge >= 0.3 is 0 Å². The number of thiol groups is 1. The molecule has 1 aromatic carbocycles. The zero-order chi connectivity index (χ0) is 14.0. The lowest BCUT2D eigenvalue weighted by atomic mass is 9.84. The molecule has 4 nitrogen and oxygen atoms in total. The van der Waals surface area contributed by atoms with Crippen LogP contribution in [0.4, 0.5) is 0 Å². The van der Waals surface area contributed by atoms with Crippen LogP contribution in [0, 0.1) is 22.7 Å². The average Bonchev–Trinajstić information content (AvgIpc) is 2.38. The average molecular weight is 333 g/mol.